The van der Waals surface area contributed by atoms with Crippen LogP contribution < -0.4 is 0 Å². The molecule has 2 aliphatic rings. The van der Waals surface area contributed by atoms with E-state index in [0.717, 1.165) is 5.75 Å². The van der Waals surface area contributed by atoms with E-state index in [1.54, 1.807) is 60.0 Å². The van der Waals surface area contributed by atoms with Crippen LogP contribution in [0.3, 0.4) is 0 Å². The average Bonchev–Trinajstić information content (AvgIpc) is 3.16. The van der Waals surface area contributed by atoms with Gasteiger partial charge in [0.05, 0.1) is 9.79 Å². The first-order valence-electron chi connectivity index (χ1n) is 10.1. The summed E-state index contributed by atoms with van der Waals surface area (Å²) in [7, 11) is 0. The lowest BCUT2D eigenvalue weighted by atomic mass is 9.99. The highest BCUT2D eigenvalue weighted by Gasteiger charge is 2.47. The van der Waals surface area contributed by atoms with Gasteiger partial charge < -0.3 is 9.80 Å². The van der Waals surface area contributed by atoms with Gasteiger partial charge >= 0.3 is 0 Å². The van der Waals surface area contributed by atoms with E-state index in [-0.39, 0.29) is 22.4 Å². The Labute approximate surface area is 189 Å². The third-order valence-electron chi connectivity index (χ3n) is 5.98. The maximum Gasteiger partial charge on any atom is 0.273 e. The number of hydrogen-bond acceptors (Lipinski definition) is 5. The molecule has 0 radical (unpaired) electrons. The van der Waals surface area contributed by atoms with Crippen molar-refractivity contribution in [1.82, 2.24) is 9.80 Å². The Hall–Kier alpha value is -2.58. The van der Waals surface area contributed by atoms with E-state index >= 15 is 0 Å². The van der Waals surface area contributed by atoms with Crippen LogP contribution in [-0.4, -0.2) is 56.8 Å². The third kappa shape index (κ3) is 4.14. The van der Waals surface area contributed by atoms with Crippen LogP contribution in [-0.2, 0) is 0 Å². The third-order valence-corrected chi connectivity index (χ3v) is 7.77. The molecule has 0 bridgehead atoms. The number of rotatable bonds is 3. The SMILES string of the molecule is Cc1ccc(C(=O)N2CCC3(CC2)SCCN3C(=O)c2cccc(Cl)c2)cc1[N+](=O)[O-]. The van der Waals surface area contributed by atoms with E-state index in [1.165, 1.54) is 6.07 Å². The number of nitro benzene ring substituents is 1. The van der Waals surface area contributed by atoms with Crippen LogP contribution >= 0.6 is 23.4 Å². The number of benzene rings is 2. The number of thioether (sulfide) groups is 1. The quantitative estimate of drug-likeness (QED) is 0.502. The Balaban J connectivity index is 1.48. The molecule has 0 atom stereocenters. The number of nitro groups is 1. The molecule has 31 heavy (non-hydrogen) atoms. The van der Waals surface area contributed by atoms with E-state index in [1.807, 2.05) is 4.90 Å². The molecule has 2 amide bonds. The zero-order chi connectivity index (χ0) is 22.2. The zero-order valence-corrected chi connectivity index (χ0v) is 18.6. The minimum Gasteiger partial charge on any atom is -0.338 e. The van der Waals surface area contributed by atoms with Crippen LogP contribution in [0.4, 0.5) is 5.69 Å². The van der Waals surface area contributed by atoms with Crippen molar-refractivity contribution in [3.8, 4) is 0 Å². The first-order valence-corrected chi connectivity index (χ1v) is 11.4. The number of likely N-dealkylation sites (tertiary alicyclic amines) is 1. The van der Waals surface area contributed by atoms with Gasteiger partial charge in [-0.2, -0.15) is 0 Å². The Morgan fingerprint density at radius 1 is 1.06 bits per heavy atom. The molecule has 0 saturated carbocycles. The number of carbonyl (C=O) groups is 2. The first-order chi connectivity index (χ1) is 14.8. The van der Waals surface area contributed by atoms with Crippen molar-refractivity contribution in [3.63, 3.8) is 0 Å². The Morgan fingerprint density at radius 3 is 2.45 bits per heavy atom. The van der Waals surface area contributed by atoms with Crippen LogP contribution in [0, 0.1) is 17.0 Å². The van der Waals surface area contributed by atoms with E-state index in [9.17, 15) is 19.7 Å². The van der Waals surface area contributed by atoms with Crippen molar-refractivity contribution in [2.45, 2.75) is 24.6 Å². The molecule has 2 aliphatic heterocycles. The molecule has 2 aromatic rings. The molecule has 2 saturated heterocycles. The Bertz CT molecular complexity index is 1050. The lowest BCUT2D eigenvalue weighted by Crippen LogP contribution is -2.53. The predicted octanol–water partition coefficient (Wildman–Crippen LogP) is 4.38. The van der Waals surface area contributed by atoms with E-state index in [0.29, 0.717) is 54.2 Å². The van der Waals surface area contributed by atoms with Crippen molar-refractivity contribution in [2.24, 2.45) is 0 Å². The molecule has 0 unspecified atom stereocenters. The molecule has 4 rings (SSSR count). The van der Waals surface area contributed by atoms with Gasteiger partial charge in [0.2, 0.25) is 0 Å². The minimum atomic E-state index is -0.466. The van der Waals surface area contributed by atoms with Crippen molar-refractivity contribution < 1.29 is 14.5 Å². The van der Waals surface area contributed by atoms with Gasteiger partial charge in [-0.25, -0.2) is 0 Å². The molecule has 162 valence electrons. The Kier molecular flexibility index (Phi) is 5.94. The van der Waals surface area contributed by atoms with Crippen molar-refractivity contribution >= 4 is 40.9 Å². The zero-order valence-electron chi connectivity index (χ0n) is 17.0. The second-order valence-corrected chi connectivity index (χ2v) is 9.71. The van der Waals surface area contributed by atoms with E-state index < -0.39 is 4.92 Å². The van der Waals surface area contributed by atoms with Gasteiger partial charge in [-0.1, -0.05) is 23.7 Å². The van der Waals surface area contributed by atoms with Crippen LogP contribution in [0.1, 0.15) is 39.1 Å². The molecule has 0 N–H and O–H groups in total. The number of nitrogens with zero attached hydrogens (tertiary/aromatic N) is 3. The van der Waals surface area contributed by atoms with Gasteiger partial charge in [0, 0.05) is 53.2 Å². The van der Waals surface area contributed by atoms with Gasteiger partial charge in [-0.3, -0.25) is 19.7 Å². The second kappa shape index (κ2) is 8.51. The summed E-state index contributed by atoms with van der Waals surface area (Å²) in [6.07, 6.45) is 1.31. The molecule has 2 aromatic carbocycles. The summed E-state index contributed by atoms with van der Waals surface area (Å²) in [5, 5.41) is 11.7. The van der Waals surface area contributed by atoms with Crippen LogP contribution in [0.5, 0.6) is 0 Å². The molecular weight excluding hydrogens is 438 g/mol. The first kappa shape index (κ1) is 21.6. The van der Waals surface area contributed by atoms with Crippen LogP contribution in [0.25, 0.3) is 0 Å². The van der Waals surface area contributed by atoms with E-state index in [4.69, 9.17) is 11.6 Å². The summed E-state index contributed by atoms with van der Waals surface area (Å²) in [6.45, 7) is 3.30. The molecule has 9 heteroatoms. The summed E-state index contributed by atoms with van der Waals surface area (Å²) in [5.74, 6) is 0.597. The molecule has 2 fully saturated rings. The average molecular weight is 460 g/mol. The Morgan fingerprint density at radius 2 is 1.77 bits per heavy atom. The molecule has 0 aromatic heterocycles. The highest BCUT2D eigenvalue weighted by Crippen LogP contribution is 2.44. The maximum atomic E-state index is 13.2. The van der Waals surface area contributed by atoms with Crippen molar-refractivity contribution in [1.29, 1.82) is 0 Å². The fourth-order valence-corrected chi connectivity index (χ4v) is 5.91. The monoisotopic (exact) mass is 459 g/mol. The topological polar surface area (TPSA) is 83.8 Å². The highest BCUT2D eigenvalue weighted by atomic mass is 35.5. The summed E-state index contributed by atoms with van der Waals surface area (Å²) in [6, 6.07) is 11.6. The number of aryl methyl sites for hydroxylation is 1. The summed E-state index contributed by atoms with van der Waals surface area (Å²) in [5.41, 5.74) is 1.36. The lowest BCUT2D eigenvalue weighted by molar-refractivity contribution is -0.385. The minimum absolute atomic E-state index is 0.0403. The number of halogens is 1. The van der Waals surface area contributed by atoms with Gasteiger partial charge in [-0.05, 0) is 44.0 Å². The predicted molar refractivity (Wildman–Crippen MR) is 121 cm³/mol. The molecule has 2 heterocycles. The number of hydrogen-bond donors (Lipinski definition) is 0. The van der Waals surface area contributed by atoms with Gasteiger partial charge in [0.15, 0.2) is 0 Å². The highest BCUT2D eigenvalue weighted by molar-refractivity contribution is 8.00. The number of carbonyl (C=O) groups excluding carboxylic acids is 2. The summed E-state index contributed by atoms with van der Waals surface area (Å²) >= 11 is 7.83. The largest absolute Gasteiger partial charge is 0.338 e. The number of amides is 2. The second-order valence-electron chi connectivity index (χ2n) is 7.81. The maximum absolute atomic E-state index is 13.2. The fourth-order valence-electron chi connectivity index (χ4n) is 4.27. The summed E-state index contributed by atoms with van der Waals surface area (Å²) in [4.78, 5) is 40.2. The lowest BCUT2D eigenvalue weighted by Gasteiger charge is -2.44. The fraction of sp³-hybridized carbons (Fsp3) is 0.364. The molecule has 0 aliphatic carbocycles. The standard InChI is InChI=1S/C22H22ClN3O4S/c1-15-5-6-17(14-19(15)26(29)30)20(27)24-9-7-22(8-10-24)25(11-12-31-22)21(28)16-3-2-4-18(23)13-16/h2-6,13-14H,7-12H2,1H3. The van der Waals surface area contributed by atoms with Crippen molar-refractivity contribution in [3.05, 3.63) is 74.3 Å². The smallest absolute Gasteiger partial charge is 0.273 e. The number of piperidine rings is 1. The summed E-state index contributed by atoms with van der Waals surface area (Å²) < 4.78 is 0. The van der Waals surface area contributed by atoms with Crippen LogP contribution in [0.2, 0.25) is 5.02 Å². The van der Waals surface area contributed by atoms with Gasteiger partial charge in [0.1, 0.15) is 0 Å². The van der Waals surface area contributed by atoms with Gasteiger partial charge in [0.25, 0.3) is 17.5 Å². The molecular formula is C22H22ClN3O4S. The molecule has 1 spiro atoms. The van der Waals surface area contributed by atoms with E-state index in [2.05, 4.69) is 0 Å². The molecule has 7 nitrogen and oxygen atoms in total. The van der Waals surface area contributed by atoms with Gasteiger partial charge in [-0.15, -0.1) is 11.8 Å². The van der Waals surface area contributed by atoms with Crippen molar-refractivity contribution in [2.75, 3.05) is 25.4 Å². The normalized spacial score (nSPS) is 17.7. The van der Waals surface area contributed by atoms with Crippen LogP contribution in [0.15, 0.2) is 42.5 Å².